The van der Waals surface area contributed by atoms with E-state index < -0.39 is 5.91 Å². The number of imidazole rings is 1. The molecular weight excluding hydrogens is 268 g/mol. The van der Waals surface area contributed by atoms with Gasteiger partial charge in [0, 0.05) is 5.56 Å². The van der Waals surface area contributed by atoms with Gasteiger partial charge in [-0.3, -0.25) is 4.79 Å². The van der Waals surface area contributed by atoms with Gasteiger partial charge in [-0.05, 0) is 24.3 Å². The van der Waals surface area contributed by atoms with E-state index in [1.165, 1.54) is 6.21 Å². The van der Waals surface area contributed by atoms with Crippen molar-refractivity contribution in [1.82, 2.24) is 15.4 Å². The molecule has 3 N–H and O–H groups in total. The lowest BCUT2D eigenvalue weighted by Crippen LogP contribution is -2.19. The highest BCUT2D eigenvalue weighted by Gasteiger charge is 2.09. The van der Waals surface area contributed by atoms with E-state index in [2.05, 4.69) is 20.5 Å². The zero-order valence-electron chi connectivity index (χ0n) is 10.9. The predicted molar refractivity (Wildman–Crippen MR) is 79.3 cm³/mol. The first kappa shape index (κ1) is 12.9. The quantitative estimate of drug-likeness (QED) is 0.506. The van der Waals surface area contributed by atoms with Crippen LogP contribution in [0, 0.1) is 0 Å². The molecule has 1 aromatic heterocycles. The Kier molecular flexibility index (Phi) is 3.34. The lowest BCUT2D eigenvalue weighted by Gasteiger charge is -1.97. The molecule has 1 amide bonds. The summed E-state index contributed by atoms with van der Waals surface area (Å²) in [5.74, 6) is -0.164. The van der Waals surface area contributed by atoms with Crippen molar-refractivity contribution < 1.29 is 9.90 Å². The number of aromatic hydroxyl groups is 1. The van der Waals surface area contributed by atoms with Crippen molar-refractivity contribution in [3.63, 3.8) is 0 Å². The fraction of sp³-hybridized carbons (Fsp3) is 0. The van der Waals surface area contributed by atoms with E-state index in [0.717, 1.165) is 5.52 Å². The predicted octanol–water partition coefficient (Wildman–Crippen LogP) is 2.03. The monoisotopic (exact) mass is 280 g/mol. The van der Waals surface area contributed by atoms with E-state index >= 15 is 0 Å². The van der Waals surface area contributed by atoms with Crippen molar-refractivity contribution in [2.24, 2.45) is 5.10 Å². The number of H-pyrrole nitrogens is 1. The van der Waals surface area contributed by atoms with Crippen LogP contribution in [0.4, 0.5) is 0 Å². The van der Waals surface area contributed by atoms with Crippen LogP contribution in [-0.4, -0.2) is 27.2 Å². The number of phenols is 1. The van der Waals surface area contributed by atoms with Crippen LogP contribution in [-0.2, 0) is 0 Å². The van der Waals surface area contributed by atoms with Crippen LogP contribution in [0.3, 0.4) is 0 Å². The first-order valence-corrected chi connectivity index (χ1v) is 6.30. The summed E-state index contributed by atoms with van der Waals surface area (Å²) in [6.45, 7) is 0. The van der Waals surface area contributed by atoms with E-state index in [9.17, 15) is 9.90 Å². The second-order valence-corrected chi connectivity index (χ2v) is 4.36. The highest BCUT2D eigenvalue weighted by molar-refractivity contribution is 5.94. The largest absolute Gasteiger partial charge is 0.507 e. The molecule has 6 nitrogen and oxygen atoms in total. The number of nitrogens with zero attached hydrogens (tertiary/aromatic N) is 2. The maximum Gasteiger partial charge on any atom is 0.307 e. The van der Waals surface area contributed by atoms with Crippen LogP contribution < -0.4 is 5.43 Å². The van der Waals surface area contributed by atoms with Crippen LogP contribution in [0.5, 0.6) is 5.75 Å². The Morgan fingerprint density at radius 1 is 1.19 bits per heavy atom. The van der Waals surface area contributed by atoms with E-state index in [1.54, 1.807) is 24.3 Å². The molecule has 2 aromatic carbocycles. The first-order valence-electron chi connectivity index (χ1n) is 6.30. The highest BCUT2D eigenvalue weighted by atomic mass is 16.3. The number of nitrogens with one attached hydrogen (secondary N) is 2. The number of aromatic amines is 1. The number of fused-ring (bicyclic) bond motifs is 1. The third-order valence-corrected chi connectivity index (χ3v) is 2.91. The summed E-state index contributed by atoms with van der Waals surface area (Å²) >= 11 is 0. The topological polar surface area (TPSA) is 90.4 Å². The van der Waals surface area contributed by atoms with Crippen LogP contribution in [0.1, 0.15) is 16.2 Å². The molecule has 0 unspecified atom stereocenters. The van der Waals surface area contributed by atoms with Crippen molar-refractivity contribution >= 4 is 23.2 Å². The average Bonchev–Trinajstić information content (AvgIpc) is 2.93. The van der Waals surface area contributed by atoms with E-state index in [4.69, 9.17) is 0 Å². The van der Waals surface area contributed by atoms with Gasteiger partial charge in [0.2, 0.25) is 0 Å². The smallest absolute Gasteiger partial charge is 0.307 e. The Morgan fingerprint density at radius 3 is 2.76 bits per heavy atom. The summed E-state index contributed by atoms with van der Waals surface area (Å²) < 4.78 is 0. The minimum Gasteiger partial charge on any atom is -0.507 e. The molecule has 0 aliphatic carbocycles. The van der Waals surface area contributed by atoms with Crippen LogP contribution >= 0.6 is 0 Å². The molecule has 0 aliphatic rings. The number of hydrogen-bond acceptors (Lipinski definition) is 4. The molecule has 0 spiro atoms. The van der Waals surface area contributed by atoms with Gasteiger partial charge in [0.25, 0.3) is 0 Å². The molecule has 21 heavy (non-hydrogen) atoms. The molecule has 3 aromatic rings. The second kappa shape index (κ2) is 5.46. The van der Waals surface area contributed by atoms with Gasteiger partial charge in [-0.15, -0.1) is 0 Å². The molecule has 0 radical (unpaired) electrons. The average molecular weight is 280 g/mol. The van der Waals surface area contributed by atoms with Gasteiger partial charge in [0.05, 0.1) is 17.2 Å². The lowest BCUT2D eigenvalue weighted by atomic mass is 10.2. The summed E-state index contributed by atoms with van der Waals surface area (Å²) in [5, 5.41) is 13.4. The minimum absolute atomic E-state index is 0.0965. The number of carbonyl (C=O) groups is 1. The molecule has 0 atom stereocenters. The van der Waals surface area contributed by atoms with E-state index in [0.29, 0.717) is 11.1 Å². The normalized spacial score (nSPS) is 11.0. The molecule has 1 heterocycles. The molecule has 6 heteroatoms. The van der Waals surface area contributed by atoms with Crippen molar-refractivity contribution in [2.75, 3.05) is 0 Å². The summed E-state index contributed by atoms with van der Waals surface area (Å²) in [5.41, 5.74) is 4.38. The van der Waals surface area contributed by atoms with Crippen molar-refractivity contribution in [3.05, 3.63) is 59.9 Å². The Morgan fingerprint density at radius 2 is 1.95 bits per heavy atom. The number of aromatic nitrogens is 2. The maximum absolute atomic E-state index is 11.9. The molecule has 0 aliphatic heterocycles. The highest BCUT2D eigenvalue weighted by Crippen LogP contribution is 2.12. The Hall–Kier alpha value is -3.15. The van der Waals surface area contributed by atoms with Gasteiger partial charge >= 0.3 is 5.91 Å². The Labute approximate surface area is 120 Å². The number of amides is 1. The first-order chi connectivity index (χ1) is 10.2. The third-order valence-electron chi connectivity index (χ3n) is 2.91. The molecule has 0 fully saturated rings. The summed E-state index contributed by atoms with van der Waals surface area (Å²) in [4.78, 5) is 19.0. The number of carbonyl (C=O) groups excluding carboxylic acids is 1. The van der Waals surface area contributed by atoms with Gasteiger partial charge in [-0.1, -0.05) is 24.3 Å². The summed E-state index contributed by atoms with van der Waals surface area (Å²) in [7, 11) is 0. The van der Waals surface area contributed by atoms with Crippen LogP contribution in [0.15, 0.2) is 53.6 Å². The SMILES string of the molecule is O=C(N/N=C/c1ccccc1O)c1nc2ccccc2[nH]1. The second-order valence-electron chi connectivity index (χ2n) is 4.36. The number of hydrazone groups is 1. The molecule has 0 bridgehead atoms. The zero-order valence-corrected chi connectivity index (χ0v) is 10.9. The van der Waals surface area contributed by atoms with Gasteiger partial charge in [0.1, 0.15) is 5.75 Å². The Bertz CT molecular complexity index is 790. The molecular formula is C15H12N4O2. The number of para-hydroxylation sites is 3. The van der Waals surface area contributed by atoms with Crippen LogP contribution in [0.2, 0.25) is 0 Å². The number of phenolic OH excluding ortho intramolecular Hbond substituents is 1. The standard InChI is InChI=1S/C15H12N4O2/c20-13-8-4-1-5-10(13)9-16-19-15(21)14-17-11-6-2-3-7-12(11)18-14/h1-9,20H,(H,17,18)(H,19,21)/b16-9+. The number of rotatable bonds is 3. The van der Waals surface area contributed by atoms with E-state index in [1.807, 2.05) is 24.3 Å². The third kappa shape index (κ3) is 2.74. The van der Waals surface area contributed by atoms with Gasteiger partial charge in [0.15, 0.2) is 5.82 Å². The zero-order chi connectivity index (χ0) is 14.7. The van der Waals surface area contributed by atoms with E-state index in [-0.39, 0.29) is 11.6 Å². The minimum atomic E-state index is -0.446. The Balaban J connectivity index is 1.73. The van der Waals surface area contributed by atoms with Gasteiger partial charge in [-0.25, -0.2) is 10.4 Å². The summed E-state index contributed by atoms with van der Waals surface area (Å²) in [6.07, 6.45) is 1.37. The van der Waals surface area contributed by atoms with Crippen molar-refractivity contribution in [2.45, 2.75) is 0 Å². The fourth-order valence-corrected chi connectivity index (χ4v) is 1.87. The molecule has 3 rings (SSSR count). The molecule has 0 saturated carbocycles. The number of hydrogen-bond donors (Lipinski definition) is 3. The van der Waals surface area contributed by atoms with Gasteiger partial charge in [-0.2, -0.15) is 5.10 Å². The maximum atomic E-state index is 11.9. The molecule has 0 saturated heterocycles. The molecule has 104 valence electrons. The fourth-order valence-electron chi connectivity index (χ4n) is 1.87. The summed E-state index contributed by atoms with van der Waals surface area (Å²) in [6, 6.07) is 14.1. The number of benzene rings is 2. The van der Waals surface area contributed by atoms with Gasteiger partial charge < -0.3 is 10.1 Å². The lowest BCUT2D eigenvalue weighted by molar-refractivity contribution is 0.0946. The van der Waals surface area contributed by atoms with Crippen molar-refractivity contribution in [1.29, 1.82) is 0 Å². The van der Waals surface area contributed by atoms with Crippen molar-refractivity contribution in [3.8, 4) is 5.75 Å². The van der Waals surface area contributed by atoms with Crippen LogP contribution in [0.25, 0.3) is 11.0 Å².